The van der Waals surface area contributed by atoms with Gasteiger partial charge in [-0.3, -0.25) is 19.7 Å². The lowest BCUT2D eigenvalue weighted by Gasteiger charge is -2.21. The van der Waals surface area contributed by atoms with Crippen molar-refractivity contribution in [3.8, 4) is 5.75 Å². The van der Waals surface area contributed by atoms with Crippen molar-refractivity contribution in [2.75, 3.05) is 43.3 Å². The Bertz CT molecular complexity index is 1550. The number of nitro benzene ring substituents is 1. The van der Waals surface area contributed by atoms with Gasteiger partial charge < -0.3 is 35.5 Å². The number of nitrogen functional groups attached to an aromatic ring is 1. The highest BCUT2D eigenvalue weighted by molar-refractivity contribution is 6.10. The molecule has 13 heteroatoms. The summed E-state index contributed by atoms with van der Waals surface area (Å²) in [7, 11) is 3.06. The van der Waals surface area contributed by atoms with Crippen LogP contribution >= 0.6 is 0 Å². The molecule has 0 aromatic heterocycles. The molecule has 0 aliphatic carbocycles. The predicted octanol–water partition coefficient (Wildman–Crippen LogP) is 5.93. The standard InChI is InChI=1S/C33H41N5O8/c1-33(2,3)46-32(41)35-18-9-6-10-19-45-21-23-12-7-8-14-26(23)37(4)31(40)22-16-17-25(28(20-22)44-5)36-30(39)24-13-11-15-27(29(24)34)38(42)43/h7-8,11-17,20H,6,9-10,18-19,21,34H2,1-5H3,(H,35,41)(H,36,39). The number of alkyl carbamates (subject to hydrolysis) is 1. The van der Waals surface area contributed by atoms with Crippen LogP contribution in [-0.2, 0) is 16.1 Å². The topological polar surface area (TPSA) is 175 Å². The van der Waals surface area contributed by atoms with E-state index in [9.17, 15) is 24.5 Å². The Balaban J connectivity index is 1.58. The number of amides is 3. The van der Waals surface area contributed by atoms with Gasteiger partial charge in [0.05, 0.1) is 29.9 Å². The zero-order chi connectivity index (χ0) is 33.9. The average Bonchev–Trinajstić information content (AvgIpc) is 3.01. The van der Waals surface area contributed by atoms with Crippen molar-refractivity contribution in [2.45, 2.75) is 52.2 Å². The number of unbranched alkanes of at least 4 members (excludes halogenated alkanes) is 2. The van der Waals surface area contributed by atoms with E-state index in [0.29, 0.717) is 31.0 Å². The second kappa shape index (κ2) is 16.2. The maximum Gasteiger partial charge on any atom is 0.407 e. The molecule has 0 saturated carbocycles. The quantitative estimate of drug-likeness (QED) is 0.0839. The lowest BCUT2D eigenvalue weighted by molar-refractivity contribution is -0.383. The maximum absolute atomic E-state index is 13.5. The molecule has 246 valence electrons. The first-order valence-corrected chi connectivity index (χ1v) is 14.7. The maximum atomic E-state index is 13.5. The molecule has 0 spiro atoms. The van der Waals surface area contributed by atoms with Crippen LogP contribution in [0, 0.1) is 10.1 Å². The zero-order valence-corrected chi connectivity index (χ0v) is 26.8. The van der Waals surface area contributed by atoms with Crippen molar-refractivity contribution in [2.24, 2.45) is 0 Å². The molecule has 3 aromatic carbocycles. The summed E-state index contributed by atoms with van der Waals surface area (Å²) in [6.45, 7) is 6.80. The van der Waals surface area contributed by atoms with Crippen molar-refractivity contribution in [3.63, 3.8) is 0 Å². The van der Waals surface area contributed by atoms with E-state index in [2.05, 4.69) is 10.6 Å². The van der Waals surface area contributed by atoms with Crippen molar-refractivity contribution in [1.82, 2.24) is 5.32 Å². The molecule has 0 bridgehead atoms. The molecule has 0 radical (unpaired) electrons. The Morgan fingerprint density at radius 2 is 1.74 bits per heavy atom. The number of para-hydroxylation sites is 2. The Morgan fingerprint density at radius 3 is 2.43 bits per heavy atom. The van der Waals surface area contributed by atoms with E-state index in [1.807, 2.05) is 45.0 Å². The first-order valence-electron chi connectivity index (χ1n) is 14.7. The highest BCUT2D eigenvalue weighted by Crippen LogP contribution is 2.30. The molecular formula is C33H41N5O8. The summed E-state index contributed by atoms with van der Waals surface area (Å²) < 4.78 is 16.5. The second-order valence-electron chi connectivity index (χ2n) is 11.4. The van der Waals surface area contributed by atoms with Crippen LogP contribution in [0.15, 0.2) is 60.7 Å². The number of benzene rings is 3. The first-order chi connectivity index (χ1) is 21.8. The van der Waals surface area contributed by atoms with Crippen molar-refractivity contribution < 1.29 is 33.5 Å². The van der Waals surface area contributed by atoms with Gasteiger partial charge in [0.2, 0.25) is 0 Å². The Kier molecular flexibility index (Phi) is 12.5. The number of nitro groups is 1. The minimum absolute atomic E-state index is 0.0647. The molecule has 13 nitrogen and oxygen atoms in total. The van der Waals surface area contributed by atoms with Crippen molar-refractivity contribution in [1.29, 1.82) is 0 Å². The number of nitrogens with zero attached hydrogens (tertiary/aromatic N) is 2. The van der Waals surface area contributed by atoms with E-state index >= 15 is 0 Å². The third kappa shape index (κ3) is 9.92. The zero-order valence-electron chi connectivity index (χ0n) is 26.8. The van der Waals surface area contributed by atoms with Crippen LogP contribution in [0.3, 0.4) is 0 Å². The Hall–Kier alpha value is -5.17. The summed E-state index contributed by atoms with van der Waals surface area (Å²) in [5, 5.41) is 16.6. The van der Waals surface area contributed by atoms with E-state index in [4.69, 9.17) is 19.9 Å². The minimum Gasteiger partial charge on any atom is -0.495 e. The largest absolute Gasteiger partial charge is 0.495 e. The predicted molar refractivity (Wildman–Crippen MR) is 175 cm³/mol. The van der Waals surface area contributed by atoms with Crippen LogP contribution in [0.25, 0.3) is 0 Å². The molecule has 3 amide bonds. The summed E-state index contributed by atoms with van der Waals surface area (Å²) in [5.74, 6) is -0.763. The van der Waals surface area contributed by atoms with Gasteiger partial charge in [-0.2, -0.15) is 0 Å². The van der Waals surface area contributed by atoms with Crippen molar-refractivity contribution >= 4 is 40.7 Å². The van der Waals surface area contributed by atoms with Gasteiger partial charge in [0, 0.05) is 43.1 Å². The van der Waals surface area contributed by atoms with E-state index in [1.165, 1.54) is 42.3 Å². The van der Waals surface area contributed by atoms with E-state index in [-0.39, 0.29) is 34.3 Å². The number of hydrogen-bond donors (Lipinski definition) is 3. The average molecular weight is 636 g/mol. The number of nitrogens with one attached hydrogen (secondary N) is 2. The fourth-order valence-corrected chi connectivity index (χ4v) is 4.48. The van der Waals surface area contributed by atoms with Crippen molar-refractivity contribution in [3.05, 3.63) is 87.5 Å². The molecule has 0 unspecified atom stereocenters. The van der Waals surface area contributed by atoms with Gasteiger partial charge in [-0.1, -0.05) is 24.3 Å². The van der Waals surface area contributed by atoms with E-state index in [1.54, 1.807) is 13.1 Å². The molecule has 0 atom stereocenters. The highest BCUT2D eigenvalue weighted by atomic mass is 16.6. The van der Waals surface area contributed by atoms with Gasteiger partial charge in [-0.15, -0.1) is 0 Å². The lowest BCUT2D eigenvalue weighted by atomic mass is 10.1. The monoisotopic (exact) mass is 635 g/mol. The fourth-order valence-electron chi connectivity index (χ4n) is 4.48. The molecule has 4 N–H and O–H groups in total. The third-order valence-corrected chi connectivity index (χ3v) is 6.77. The van der Waals surface area contributed by atoms with Crippen LogP contribution < -0.4 is 26.0 Å². The normalized spacial score (nSPS) is 11.0. The molecule has 3 aromatic rings. The lowest BCUT2D eigenvalue weighted by Crippen LogP contribution is -2.33. The van der Waals surface area contributed by atoms with Crippen LogP contribution in [0.2, 0.25) is 0 Å². The van der Waals surface area contributed by atoms with Crippen LogP contribution in [0.4, 0.5) is 27.5 Å². The van der Waals surface area contributed by atoms with Gasteiger partial charge in [-0.05, 0) is 70.4 Å². The van der Waals surface area contributed by atoms with Gasteiger partial charge in [0.15, 0.2) is 0 Å². The Morgan fingerprint density at radius 1 is 1.00 bits per heavy atom. The summed E-state index contributed by atoms with van der Waals surface area (Å²) in [6.07, 6.45) is 2.05. The molecule has 0 saturated heterocycles. The summed E-state index contributed by atoms with van der Waals surface area (Å²) >= 11 is 0. The molecule has 0 aliphatic rings. The second-order valence-corrected chi connectivity index (χ2v) is 11.4. The van der Waals surface area contributed by atoms with E-state index in [0.717, 1.165) is 24.8 Å². The summed E-state index contributed by atoms with van der Waals surface area (Å²) in [4.78, 5) is 50.2. The number of nitrogens with two attached hydrogens (primary N) is 1. The molecule has 0 heterocycles. The highest BCUT2D eigenvalue weighted by Gasteiger charge is 2.22. The summed E-state index contributed by atoms with van der Waals surface area (Å²) in [5.41, 5.74) is 6.69. The summed E-state index contributed by atoms with van der Waals surface area (Å²) in [6, 6.07) is 16.0. The van der Waals surface area contributed by atoms with Gasteiger partial charge >= 0.3 is 6.09 Å². The van der Waals surface area contributed by atoms with Gasteiger partial charge in [0.1, 0.15) is 17.0 Å². The molecule has 0 aliphatic heterocycles. The fraction of sp³-hybridized carbons (Fsp3) is 0.364. The molecular weight excluding hydrogens is 594 g/mol. The van der Waals surface area contributed by atoms with Crippen LogP contribution in [0.5, 0.6) is 5.75 Å². The number of hydrogen-bond acceptors (Lipinski definition) is 9. The Labute approximate surface area is 268 Å². The van der Waals surface area contributed by atoms with Gasteiger partial charge in [0.25, 0.3) is 17.5 Å². The van der Waals surface area contributed by atoms with Gasteiger partial charge in [-0.25, -0.2) is 4.79 Å². The third-order valence-electron chi connectivity index (χ3n) is 6.77. The minimum atomic E-state index is -0.665. The molecule has 46 heavy (non-hydrogen) atoms. The van der Waals surface area contributed by atoms with E-state index < -0.39 is 22.5 Å². The number of ether oxygens (including phenoxy) is 3. The number of anilines is 3. The molecule has 0 fully saturated rings. The van der Waals surface area contributed by atoms with Crippen LogP contribution in [-0.4, -0.2) is 55.7 Å². The molecule has 3 rings (SSSR count). The number of rotatable bonds is 14. The SMILES string of the molecule is COc1cc(C(=O)N(C)c2ccccc2COCCCCCNC(=O)OC(C)(C)C)ccc1NC(=O)c1cccc([N+](=O)[O-])c1N. The number of carbonyl (C=O) groups excluding carboxylic acids is 3. The smallest absolute Gasteiger partial charge is 0.407 e. The number of carbonyl (C=O) groups is 3. The van der Waals surface area contributed by atoms with Crippen LogP contribution in [0.1, 0.15) is 66.3 Å². The number of methoxy groups -OCH3 is 1. The first kappa shape index (κ1) is 35.3.